The number of rotatable bonds is 4. The summed E-state index contributed by atoms with van der Waals surface area (Å²) in [5.41, 5.74) is 4.31. The molecule has 1 N–H and O–H groups in total. The molecule has 0 aliphatic rings. The van der Waals surface area contributed by atoms with Gasteiger partial charge in [-0.05, 0) is 42.3 Å². The van der Waals surface area contributed by atoms with Crippen LogP contribution in [0.5, 0.6) is 5.75 Å². The third kappa shape index (κ3) is 3.02. The maximum Gasteiger partial charge on any atom is 0.228 e. The Kier molecular flexibility index (Phi) is 4.09. The summed E-state index contributed by atoms with van der Waals surface area (Å²) in [6.45, 7) is 1.97. The van der Waals surface area contributed by atoms with Gasteiger partial charge < -0.3 is 14.5 Å². The zero-order valence-corrected chi connectivity index (χ0v) is 14.7. The fraction of sp³-hybridized carbons (Fsp3) is 0.136. The van der Waals surface area contributed by atoms with Gasteiger partial charge in [0.15, 0.2) is 0 Å². The minimum absolute atomic E-state index is 0.0648. The second kappa shape index (κ2) is 6.56. The number of carbonyl (C=O) groups excluding carboxylic acids is 1. The number of amides is 1. The third-order valence-corrected chi connectivity index (χ3v) is 4.49. The first-order valence-corrected chi connectivity index (χ1v) is 8.49. The summed E-state index contributed by atoms with van der Waals surface area (Å²) in [6, 6.07) is 19.4. The van der Waals surface area contributed by atoms with Crippen molar-refractivity contribution in [2.75, 3.05) is 12.4 Å². The molecular formula is C22H19NO3. The van der Waals surface area contributed by atoms with Gasteiger partial charge in [0.25, 0.3) is 0 Å². The second-order valence-corrected chi connectivity index (χ2v) is 6.34. The predicted molar refractivity (Wildman–Crippen MR) is 104 cm³/mol. The maximum atomic E-state index is 12.4. The quantitative estimate of drug-likeness (QED) is 0.561. The normalized spacial score (nSPS) is 11.0. The molecule has 4 nitrogen and oxygen atoms in total. The van der Waals surface area contributed by atoms with Crippen molar-refractivity contribution in [2.45, 2.75) is 13.3 Å². The van der Waals surface area contributed by atoms with Crippen molar-refractivity contribution in [1.29, 1.82) is 0 Å². The van der Waals surface area contributed by atoms with Crippen molar-refractivity contribution in [3.8, 4) is 5.75 Å². The number of nitrogens with one attached hydrogen (secondary N) is 1. The molecule has 0 saturated heterocycles. The molecule has 3 aromatic carbocycles. The van der Waals surface area contributed by atoms with Gasteiger partial charge in [-0.2, -0.15) is 0 Å². The molecule has 4 aromatic rings. The van der Waals surface area contributed by atoms with E-state index >= 15 is 0 Å². The fourth-order valence-electron chi connectivity index (χ4n) is 3.24. The number of furan rings is 1. The van der Waals surface area contributed by atoms with E-state index in [0.29, 0.717) is 6.42 Å². The van der Waals surface area contributed by atoms with Crippen LogP contribution in [0.4, 0.5) is 5.69 Å². The standard InChI is InChI=1S/C22H19NO3/c1-14-11-15(7-10-19(14)25-2)12-22(24)23-16-8-9-18-17-5-3-4-6-20(17)26-21(18)13-16/h3-11,13H,12H2,1-2H3,(H,23,24). The maximum absolute atomic E-state index is 12.4. The molecule has 1 aromatic heterocycles. The molecule has 0 spiro atoms. The van der Waals surface area contributed by atoms with Crippen molar-refractivity contribution in [3.05, 3.63) is 71.8 Å². The molecule has 130 valence electrons. The van der Waals surface area contributed by atoms with Crippen molar-refractivity contribution < 1.29 is 13.9 Å². The molecule has 0 bridgehead atoms. The lowest BCUT2D eigenvalue weighted by molar-refractivity contribution is -0.115. The van der Waals surface area contributed by atoms with Crippen LogP contribution in [0, 0.1) is 6.92 Å². The summed E-state index contributed by atoms with van der Waals surface area (Å²) < 4.78 is 11.1. The third-order valence-electron chi connectivity index (χ3n) is 4.49. The van der Waals surface area contributed by atoms with E-state index in [1.165, 1.54) is 0 Å². The minimum atomic E-state index is -0.0648. The number of carbonyl (C=O) groups is 1. The lowest BCUT2D eigenvalue weighted by Gasteiger charge is -2.08. The lowest BCUT2D eigenvalue weighted by Crippen LogP contribution is -2.14. The molecule has 4 heteroatoms. The van der Waals surface area contributed by atoms with E-state index in [1.54, 1.807) is 7.11 Å². The molecule has 0 atom stereocenters. The molecule has 0 fully saturated rings. The Morgan fingerprint density at radius 3 is 2.62 bits per heavy atom. The van der Waals surface area contributed by atoms with E-state index in [-0.39, 0.29) is 5.91 Å². The van der Waals surface area contributed by atoms with Gasteiger partial charge in [-0.3, -0.25) is 4.79 Å². The Labute approximate surface area is 151 Å². The number of benzene rings is 3. The first-order valence-electron chi connectivity index (χ1n) is 8.49. The van der Waals surface area contributed by atoms with Crippen LogP contribution in [0.25, 0.3) is 21.9 Å². The van der Waals surface area contributed by atoms with Gasteiger partial charge in [0.2, 0.25) is 5.91 Å². The molecule has 4 rings (SSSR count). The van der Waals surface area contributed by atoms with Crippen LogP contribution in [0.3, 0.4) is 0 Å². The largest absolute Gasteiger partial charge is 0.496 e. The van der Waals surface area contributed by atoms with Crippen LogP contribution in [-0.2, 0) is 11.2 Å². The monoisotopic (exact) mass is 345 g/mol. The van der Waals surface area contributed by atoms with Gasteiger partial charge in [0.05, 0.1) is 13.5 Å². The topological polar surface area (TPSA) is 51.5 Å². The van der Waals surface area contributed by atoms with E-state index in [4.69, 9.17) is 9.15 Å². The SMILES string of the molecule is COc1ccc(CC(=O)Nc2ccc3c(c2)oc2ccccc23)cc1C. The van der Waals surface area contributed by atoms with E-state index in [2.05, 4.69) is 5.32 Å². The molecule has 0 aliphatic carbocycles. The molecule has 1 heterocycles. The van der Waals surface area contributed by atoms with Crippen LogP contribution in [0.1, 0.15) is 11.1 Å². The highest BCUT2D eigenvalue weighted by atomic mass is 16.5. The first-order chi connectivity index (χ1) is 12.6. The van der Waals surface area contributed by atoms with E-state index in [0.717, 1.165) is 44.5 Å². The summed E-state index contributed by atoms with van der Waals surface area (Å²) >= 11 is 0. The second-order valence-electron chi connectivity index (χ2n) is 6.34. The highest BCUT2D eigenvalue weighted by Crippen LogP contribution is 2.30. The van der Waals surface area contributed by atoms with Gasteiger partial charge in [0, 0.05) is 22.5 Å². The lowest BCUT2D eigenvalue weighted by atomic mass is 10.1. The van der Waals surface area contributed by atoms with Crippen LogP contribution >= 0.6 is 0 Å². The number of methoxy groups -OCH3 is 1. The molecule has 0 aliphatic heterocycles. The number of ether oxygens (including phenoxy) is 1. The number of para-hydroxylation sites is 1. The summed E-state index contributed by atoms with van der Waals surface area (Å²) in [5.74, 6) is 0.759. The molecule has 1 amide bonds. The molecular weight excluding hydrogens is 326 g/mol. The van der Waals surface area contributed by atoms with Crippen LogP contribution in [0.15, 0.2) is 65.1 Å². The molecule has 26 heavy (non-hydrogen) atoms. The number of hydrogen-bond donors (Lipinski definition) is 1. The summed E-state index contributed by atoms with van der Waals surface area (Å²) in [4.78, 5) is 12.4. The van der Waals surface area contributed by atoms with Gasteiger partial charge in [-0.15, -0.1) is 0 Å². The van der Waals surface area contributed by atoms with Gasteiger partial charge >= 0.3 is 0 Å². The van der Waals surface area contributed by atoms with E-state index < -0.39 is 0 Å². The Morgan fingerprint density at radius 1 is 1.00 bits per heavy atom. The highest BCUT2D eigenvalue weighted by Gasteiger charge is 2.10. The minimum Gasteiger partial charge on any atom is -0.496 e. The number of hydrogen-bond acceptors (Lipinski definition) is 3. The van der Waals surface area contributed by atoms with Crippen LogP contribution < -0.4 is 10.1 Å². The first kappa shape index (κ1) is 16.2. The van der Waals surface area contributed by atoms with Crippen molar-refractivity contribution in [2.24, 2.45) is 0 Å². The number of fused-ring (bicyclic) bond motifs is 3. The van der Waals surface area contributed by atoms with Gasteiger partial charge in [0.1, 0.15) is 16.9 Å². The Bertz CT molecular complexity index is 1110. The smallest absolute Gasteiger partial charge is 0.228 e. The Morgan fingerprint density at radius 2 is 1.81 bits per heavy atom. The summed E-state index contributed by atoms with van der Waals surface area (Å²) in [6.07, 6.45) is 0.309. The predicted octanol–water partition coefficient (Wildman–Crippen LogP) is 5.08. The zero-order chi connectivity index (χ0) is 18.1. The van der Waals surface area contributed by atoms with Crippen molar-refractivity contribution >= 4 is 33.5 Å². The highest BCUT2D eigenvalue weighted by molar-refractivity contribution is 6.06. The van der Waals surface area contributed by atoms with Crippen molar-refractivity contribution in [1.82, 2.24) is 0 Å². The van der Waals surface area contributed by atoms with Crippen molar-refractivity contribution in [3.63, 3.8) is 0 Å². The average Bonchev–Trinajstić information content (AvgIpc) is 2.99. The summed E-state index contributed by atoms with van der Waals surface area (Å²) in [5, 5.41) is 5.07. The Hall–Kier alpha value is -3.27. The number of aryl methyl sites for hydroxylation is 1. The molecule has 0 unspecified atom stereocenters. The van der Waals surface area contributed by atoms with E-state index in [9.17, 15) is 4.79 Å². The van der Waals surface area contributed by atoms with Crippen LogP contribution in [-0.4, -0.2) is 13.0 Å². The molecule has 0 radical (unpaired) electrons. The average molecular weight is 345 g/mol. The molecule has 0 saturated carbocycles. The summed E-state index contributed by atoms with van der Waals surface area (Å²) in [7, 11) is 1.64. The van der Waals surface area contributed by atoms with E-state index in [1.807, 2.05) is 67.6 Å². The van der Waals surface area contributed by atoms with Gasteiger partial charge in [-0.1, -0.05) is 30.3 Å². The number of anilines is 1. The van der Waals surface area contributed by atoms with Gasteiger partial charge in [-0.25, -0.2) is 0 Å². The zero-order valence-electron chi connectivity index (χ0n) is 14.7. The van der Waals surface area contributed by atoms with Crippen LogP contribution in [0.2, 0.25) is 0 Å². The fourth-order valence-corrected chi connectivity index (χ4v) is 3.24. The Balaban J connectivity index is 1.53.